The van der Waals surface area contributed by atoms with Gasteiger partial charge in [-0.1, -0.05) is 30.3 Å². The second-order valence-corrected chi connectivity index (χ2v) is 5.81. The normalized spacial score (nSPS) is 17.5. The molecule has 0 spiro atoms. The summed E-state index contributed by atoms with van der Waals surface area (Å²) < 4.78 is 5.14. The van der Waals surface area contributed by atoms with Crippen LogP contribution in [-0.2, 0) is 16.2 Å². The Labute approximate surface area is 140 Å². The molecule has 1 aromatic heterocycles. The Morgan fingerprint density at radius 3 is 2.79 bits per heavy atom. The van der Waals surface area contributed by atoms with Gasteiger partial charge in [0, 0.05) is 13.1 Å². The molecule has 0 radical (unpaired) electrons. The number of rotatable bonds is 5. The third kappa shape index (κ3) is 4.02. The minimum atomic E-state index is -0.270. The van der Waals surface area contributed by atoms with Crippen molar-refractivity contribution >= 4 is 11.8 Å². The number of hydroxylamine groups is 1. The predicted octanol–water partition coefficient (Wildman–Crippen LogP) is 2.38. The zero-order valence-corrected chi connectivity index (χ0v) is 13.3. The number of hydrogen-bond donors (Lipinski definition) is 1. The highest BCUT2D eigenvalue weighted by atomic mass is 16.6. The van der Waals surface area contributed by atoms with E-state index in [1.807, 2.05) is 30.3 Å². The van der Waals surface area contributed by atoms with E-state index >= 15 is 0 Å². The maximum absolute atomic E-state index is 12.3. The van der Waals surface area contributed by atoms with E-state index in [4.69, 9.17) is 9.25 Å². The van der Waals surface area contributed by atoms with E-state index < -0.39 is 0 Å². The average Bonchev–Trinajstić information content (AvgIpc) is 3.16. The first-order chi connectivity index (χ1) is 11.7. The van der Waals surface area contributed by atoms with Crippen LogP contribution in [0.1, 0.15) is 29.0 Å². The summed E-state index contributed by atoms with van der Waals surface area (Å²) in [5.74, 6) is -0.338. The molecule has 1 aromatic carbocycles. The van der Waals surface area contributed by atoms with Crippen LogP contribution in [0.5, 0.6) is 0 Å². The van der Waals surface area contributed by atoms with E-state index in [9.17, 15) is 9.59 Å². The summed E-state index contributed by atoms with van der Waals surface area (Å²) in [7, 11) is 0. The molecule has 0 bridgehead atoms. The number of carbonyl (C=O) groups excluding carboxylic acids is 2. The van der Waals surface area contributed by atoms with Gasteiger partial charge in [0.25, 0.3) is 5.91 Å². The van der Waals surface area contributed by atoms with Gasteiger partial charge in [-0.05, 0) is 30.5 Å². The molecule has 1 saturated heterocycles. The van der Waals surface area contributed by atoms with Crippen LogP contribution < -0.4 is 5.48 Å². The van der Waals surface area contributed by atoms with Gasteiger partial charge in [0.05, 0.1) is 18.8 Å². The Hall–Kier alpha value is -2.60. The number of piperidine rings is 1. The van der Waals surface area contributed by atoms with Crippen molar-refractivity contribution in [3.05, 3.63) is 60.1 Å². The molecule has 126 valence electrons. The molecular formula is C18H20N2O4. The summed E-state index contributed by atoms with van der Waals surface area (Å²) in [6.45, 7) is 1.32. The lowest BCUT2D eigenvalue weighted by Crippen LogP contribution is -2.45. The Morgan fingerprint density at radius 2 is 2.04 bits per heavy atom. The second-order valence-electron chi connectivity index (χ2n) is 5.81. The van der Waals surface area contributed by atoms with Crippen LogP contribution in [0.4, 0.5) is 0 Å². The molecule has 1 fully saturated rings. The van der Waals surface area contributed by atoms with Crippen molar-refractivity contribution in [3.63, 3.8) is 0 Å². The summed E-state index contributed by atoms with van der Waals surface area (Å²) >= 11 is 0. The van der Waals surface area contributed by atoms with E-state index in [2.05, 4.69) is 5.48 Å². The van der Waals surface area contributed by atoms with Crippen molar-refractivity contribution in [2.24, 2.45) is 5.92 Å². The molecular weight excluding hydrogens is 308 g/mol. The van der Waals surface area contributed by atoms with Crippen LogP contribution in [0.3, 0.4) is 0 Å². The first kappa shape index (κ1) is 16.3. The van der Waals surface area contributed by atoms with Gasteiger partial charge in [0.1, 0.15) is 0 Å². The highest BCUT2D eigenvalue weighted by Gasteiger charge is 2.29. The fraction of sp³-hybridized carbons (Fsp3) is 0.333. The quantitative estimate of drug-likeness (QED) is 0.856. The predicted molar refractivity (Wildman–Crippen MR) is 86.7 cm³/mol. The van der Waals surface area contributed by atoms with Crippen LogP contribution in [0, 0.1) is 5.92 Å². The summed E-state index contributed by atoms with van der Waals surface area (Å²) in [5.41, 5.74) is 3.48. The van der Waals surface area contributed by atoms with E-state index in [1.165, 1.54) is 6.26 Å². The Morgan fingerprint density at radius 1 is 1.21 bits per heavy atom. The first-order valence-electron chi connectivity index (χ1n) is 8.02. The van der Waals surface area contributed by atoms with E-state index in [0.29, 0.717) is 25.5 Å². The molecule has 3 rings (SSSR count). The zero-order valence-electron chi connectivity index (χ0n) is 13.3. The lowest BCUT2D eigenvalue weighted by Gasteiger charge is -2.31. The van der Waals surface area contributed by atoms with Crippen molar-refractivity contribution in [2.45, 2.75) is 19.4 Å². The van der Waals surface area contributed by atoms with Crippen molar-refractivity contribution in [1.82, 2.24) is 10.4 Å². The average molecular weight is 328 g/mol. The number of nitrogens with one attached hydrogen (secondary N) is 1. The Bertz CT molecular complexity index is 670. The third-order valence-electron chi connectivity index (χ3n) is 4.07. The van der Waals surface area contributed by atoms with E-state index in [-0.39, 0.29) is 17.7 Å². The van der Waals surface area contributed by atoms with Crippen molar-refractivity contribution < 1.29 is 18.8 Å². The van der Waals surface area contributed by atoms with Gasteiger partial charge in [-0.25, -0.2) is 5.48 Å². The Balaban J connectivity index is 1.49. The summed E-state index contributed by atoms with van der Waals surface area (Å²) in [6, 6.07) is 12.9. The molecule has 1 N–H and O–H groups in total. The Kier molecular flexibility index (Phi) is 5.28. The monoisotopic (exact) mass is 328 g/mol. The van der Waals surface area contributed by atoms with Crippen LogP contribution in [0.2, 0.25) is 0 Å². The maximum atomic E-state index is 12.3. The topological polar surface area (TPSA) is 71.8 Å². The number of carbonyl (C=O) groups is 2. The molecule has 1 atom stereocenters. The highest BCUT2D eigenvalue weighted by Crippen LogP contribution is 2.19. The first-order valence-corrected chi connectivity index (χ1v) is 8.02. The maximum Gasteiger partial charge on any atom is 0.289 e. The number of benzene rings is 1. The zero-order chi connectivity index (χ0) is 16.8. The van der Waals surface area contributed by atoms with Gasteiger partial charge >= 0.3 is 0 Å². The third-order valence-corrected chi connectivity index (χ3v) is 4.07. The van der Waals surface area contributed by atoms with Crippen LogP contribution in [0.15, 0.2) is 53.1 Å². The smallest absolute Gasteiger partial charge is 0.289 e. The van der Waals surface area contributed by atoms with Gasteiger partial charge in [0.2, 0.25) is 5.91 Å². The number of hydrogen-bond acceptors (Lipinski definition) is 4. The van der Waals surface area contributed by atoms with Gasteiger partial charge in [-0.15, -0.1) is 0 Å². The van der Waals surface area contributed by atoms with Crippen LogP contribution in [0.25, 0.3) is 0 Å². The molecule has 1 aliphatic heterocycles. The molecule has 24 heavy (non-hydrogen) atoms. The summed E-state index contributed by atoms with van der Waals surface area (Å²) in [6.07, 6.45) is 2.99. The number of nitrogens with zero attached hydrogens (tertiary/aromatic N) is 1. The standard InChI is InChI=1S/C18H20N2O4/c21-17(19-24-13-14-6-2-1-3-7-14)15-8-4-10-20(12-15)18(22)16-9-5-11-23-16/h1-3,5-7,9,11,15H,4,8,10,12-13H2,(H,19,21)/t15-/m1/s1. The largest absolute Gasteiger partial charge is 0.459 e. The fourth-order valence-corrected chi connectivity index (χ4v) is 2.78. The number of likely N-dealkylation sites (tertiary alicyclic amines) is 1. The fourth-order valence-electron chi connectivity index (χ4n) is 2.78. The van der Waals surface area contributed by atoms with E-state index in [0.717, 1.165) is 18.4 Å². The van der Waals surface area contributed by atoms with Gasteiger partial charge in [-0.3, -0.25) is 14.4 Å². The van der Waals surface area contributed by atoms with Gasteiger partial charge in [-0.2, -0.15) is 0 Å². The lowest BCUT2D eigenvalue weighted by atomic mass is 9.97. The van der Waals surface area contributed by atoms with Crippen molar-refractivity contribution in [2.75, 3.05) is 13.1 Å². The van der Waals surface area contributed by atoms with Gasteiger partial charge < -0.3 is 9.32 Å². The highest BCUT2D eigenvalue weighted by molar-refractivity contribution is 5.92. The number of furan rings is 1. The second kappa shape index (κ2) is 7.79. The summed E-state index contributed by atoms with van der Waals surface area (Å²) in [4.78, 5) is 31.5. The molecule has 2 amide bonds. The van der Waals surface area contributed by atoms with Crippen molar-refractivity contribution in [1.29, 1.82) is 0 Å². The molecule has 2 heterocycles. The molecule has 6 heteroatoms. The van der Waals surface area contributed by atoms with Crippen molar-refractivity contribution in [3.8, 4) is 0 Å². The lowest BCUT2D eigenvalue weighted by molar-refractivity contribution is -0.140. The molecule has 0 saturated carbocycles. The van der Waals surface area contributed by atoms with Crippen LogP contribution >= 0.6 is 0 Å². The van der Waals surface area contributed by atoms with E-state index in [1.54, 1.807) is 17.0 Å². The molecule has 0 aliphatic carbocycles. The minimum absolute atomic E-state index is 0.178. The number of amides is 2. The molecule has 1 aliphatic rings. The SMILES string of the molecule is O=C(NOCc1ccccc1)[C@@H]1CCCN(C(=O)c2ccco2)C1. The minimum Gasteiger partial charge on any atom is -0.459 e. The molecule has 2 aromatic rings. The molecule has 6 nitrogen and oxygen atoms in total. The summed E-state index contributed by atoms with van der Waals surface area (Å²) in [5, 5.41) is 0. The van der Waals surface area contributed by atoms with Crippen LogP contribution in [-0.4, -0.2) is 29.8 Å². The van der Waals surface area contributed by atoms with Gasteiger partial charge in [0.15, 0.2) is 5.76 Å². The molecule has 0 unspecified atom stereocenters.